The van der Waals surface area contributed by atoms with Crippen molar-refractivity contribution in [3.8, 4) is 5.75 Å². The van der Waals surface area contributed by atoms with Crippen LogP contribution in [0.3, 0.4) is 0 Å². The molecule has 0 aromatic heterocycles. The van der Waals surface area contributed by atoms with E-state index in [0.29, 0.717) is 28.8 Å². The topological polar surface area (TPSA) is 102 Å². The summed E-state index contributed by atoms with van der Waals surface area (Å²) >= 11 is 0. The van der Waals surface area contributed by atoms with Gasteiger partial charge < -0.3 is 19.9 Å². The third-order valence-corrected chi connectivity index (χ3v) is 7.27. The Labute approximate surface area is 200 Å². The SMILES string of the molecule is COC(=O)[C@H]1C(=O)C2=C(C[C@H]1C)NC(C)=C(C(=O)OC1CCCCCC1)[C@@H]2c1ccc(O)cc1. The first-order valence-electron chi connectivity index (χ1n) is 12.1. The molecule has 3 atom stereocenters. The summed E-state index contributed by atoms with van der Waals surface area (Å²) in [5.41, 5.74) is 2.83. The number of phenols is 1. The summed E-state index contributed by atoms with van der Waals surface area (Å²) in [5.74, 6) is -3.11. The Morgan fingerprint density at radius 2 is 1.71 bits per heavy atom. The number of carbonyl (C=O) groups is 3. The Bertz CT molecular complexity index is 1030. The molecule has 7 heteroatoms. The number of hydrogen-bond donors (Lipinski definition) is 2. The van der Waals surface area contributed by atoms with Gasteiger partial charge in [0, 0.05) is 22.9 Å². The number of ether oxygens (including phenoxy) is 2. The van der Waals surface area contributed by atoms with E-state index in [1.807, 2.05) is 13.8 Å². The van der Waals surface area contributed by atoms with Crippen molar-refractivity contribution >= 4 is 17.7 Å². The van der Waals surface area contributed by atoms with E-state index in [1.165, 1.54) is 19.2 Å². The predicted molar refractivity (Wildman–Crippen MR) is 126 cm³/mol. The van der Waals surface area contributed by atoms with Crippen molar-refractivity contribution in [1.82, 2.24) is 5.32 Å². The highest BCUT2D eigenvalue weighted by atomic mass is 16.5. The van der Waals surface area contributed by atoms with Crippen LogP contribution < -0.4 is 5.32 Å². The molecule has 3 aliphatic rings. The Balaban J connectivity index is 1.76. The zero-order valence-corrected chi connectivity index (χ0v) is 20.1. The van der Waals surface area contributed by atoms with Gasteiger partial charge in [0.1, 0.15) is 17.8 Å². The van der Waals surface area contributed by atoms with E-state index in [2.05, 4.69) is 5.32 Å². The Morgan fingerprint density at radius 1 is 1.06 bits per heavy atom. The van der Waals surface area contributed by atoms with Gasteiger partial charge in [-0.3, -0.25) is 9.59 Å². The number of rotatable bonds is 4. The van der Waals surface area contributed by atoms with Crippen LogP contribution in [0.4, 0.5) is 0 Å². The van der Waals surface area contributed by atoms with Crippen LogP contribution in [0.25, 0.3) is 0 Å². The van der Waals surface area contributed by atoms with E-state index in [-0.39, 0.29) is 23.6 Å². The van der Waals surface area contributed by atoms with Gasteiger partial charge in [0.2, 0.25) is 0 Å². The third-order valence-electron chi connectivity index (χ3n) is 7.27. The second kappa shape index (κ2) is 10.0. The lowest BCUT2D eigenvalue weighted by Crippen LogP contribution is -2.43. The summed E-state index contributed by atoms with van der Waals surface area (Å²) in [6.07, 6.45) is 6.36. The van der Waals surface area contributed by atoms with E-state index in [0.717, 1.165) is 44.2 Å². The fourth-order valence-electron chi connectivity index (χ4n) is 5.53. The minimum atomic E-state index is -0.928. The second-order valence-corrected chi connectivity index (χ2v) is 9.65. The lowest BCUT2D eigenvalue weighted by atomic mass is 9.69. The number of ketones is 1. The fraction of sp³-hybridized carbons (Fsp3) is 0.519. The summed E-state index contributed by atoms with van der Waals surface area (Å²) in [6.45, 7) is 3.68. The van der Waals surface area contributed by atoms with Crippen molar-refractivity contribution < 1.29 is 29.0 Å². The maximum absolute atomic E-state index is 13.7. The number of allylic oxidation sites excluding steroid dienone is 3. The number of aromatic hydroxyl groups is 1. The van der Waals surface area contributed by atoms with Crippen LogP contribution >= 0.6 is 0 Å². The van der Waals surface area contributed by atoms with Gasteiger partial charge in [-0.1, -0.05) is 31.9 Å². The molecule has 1 aromatic rings. The van der Waals surface area contributed by atoms with Gasteiger partial charge in [0.25, 0.3) is 0 Å². The number of phenolic OH excluding ortho intramolecular Hbond substituents is 1. The van der Waals surface area contributed by atoms with E-state index >= 15 is 0 Å². The standard InChI is InChI=1S/C27H33NO6/c1-15-14-20-24(25(30)21(15)26(31)33-3)23(17-10-12-18(29)13-11-17)22(16(2)28-20)27(32)34-19-8-6-4-5-7-9-19/h10-13,15,19,21,23,28-29H,4-9,14H2,1-3H3/t15-,21-,23+/m1/s1. The number of esters is 2. The van der Waals surface area contributed by atoms with Gasteiger partial charge in [-0.25, -0.2) is 4.79 Å². The van der Waals surface area contributed by atoms with Gasteiger partial charge in [-0.15, -0.1) is 0 Å². The van der Waals surface area contributed by atoms with Crippen molar-refractivity contribution in [3.05, 3.63) is 52.4 Å². The molecule has 34 heavy (non-hydrogen) atoms. The molecule has 0 saturated heterocycles. The normalized spacial score (nSPS) is 25.9. The lowest BCUT2D eigenvalue weighted by molar-refractivity contribution is -0.151. The smallest absolute Gasteiger partial charge is 0.337 e. The molecule has 7 nitrogen and oxygen atoms in total. The molecule has 1 heterocycles. The van der Waals surface area contributed by atoms with Crippen molar-refractivity contribution in [2.45, 2.75) is 70.8 Å². The number of carbonyl (C=O) groups excluding carboxylic acids is 3. The first kappa shape index (κ1) is 24.0. The molecule has 4 rings (SSSR count). The molecule has 2 N–H and O–H groups in total. The summed E-state index contributed by atoms with van der Waals surface area (Å²) < 4.78 is 10.9. The van der Waals surface area contributed by atoms with Crippen LogP contribution in [0.2, 0.25) is 0 Å². The number of dihydropyridines is 1. The number of hydrogen-bond acceptors (Lipinski definition) is 7. The third kappa shape index (κ3) is 4.61. The van der Waals surface area contributed by atoms with E-state index in [1.54, 1.807) is 12.1 Å². The van der Waals surface area contributed by atoms with Gasteiger partial charge >= 0.3 is 11.9 Å². The lowest BCUT2D eigenvalue weighted by Gasteiger charge is -2.38. The highest BCUT2D eigenvalue weighted by molar-refractivity contribution is 6.12. The van der Waals surface area contributed by atoms with Crippen LogP contribution in [0.5, 0.6) is 5.75 Å². The summed E-state index contributed by atoms with van der Waals surface area (Å²) in [4.78, 5) is 39.8. The highest BCUT2D eigenvalue weighted by Crippen LogP contribution is 2.45. The molecule has 2 aliphatic carbocycles. The zero-order chi connectivity index (χ0) is 24.4. The van der Waals surface area contributed by atoms with Crippen molar-refractivity contribution in [2.24, 2.45) is 11.8 Å². The van der Waals surface area contributed by atoms with Crippen molar-refractivity contribution in [1.29, 1.82) is 0 Å². The molecule has 0 unspecified atom stereocenters. The zero-order valence-electron chi connectivity index (χ0n) is 20.1. The van der Waals surface area contributed by atoms with E-state index in [9.17, 15) is 19.5 Å². The molecule has 0 bridgehead atoms. The van der Waals surface area contributed by atoms with Crippen LogP contribution in [-0.4, -0.2) is 36.0 Å². The minimum absolute atomic E-state index is 0.0891. The predicted octanol–water partition coefficient (Wildman–Crippen LogP) is 4.27. The number of methoxy groups -OCH3 is 1. The molecule has 0 amide bonds. The monoisotopic (exact) mass is 467 g/mol. The molecular weight excluding hydrogens is 434 g/mol. The highest BCUT2D eigenvalue weighted by Gasteiger charge is 2.47. The first-order valence-corrected chi connectivity index (χ1v) is 12.1. The van der Waals surface area contributed by atoms with E-state index < -0.39 is 23.8 Å². The Kier molecular flexibility index (Phi) is 7.10. The summed E-state index contributed by atoms with van der Waals surface area (Å²) in [5, 5.41) is 13.1. The van der Waals surface area contributed by atoms with Gasteiger partial charge in [0.15, 0.2) is 5.78 Å². The van der Waals surface area contributed by atoms with E-state index in [4.69, 9.17) is 9.47 Å². The average Bonchev–Trinajstić information content (AvgIpc) is 3.07. The molecule has 1 fully saturated rings. The largest absolute Gasteiger partial charge is 0.508 e. The average molecular weight is 468 g/mol. The Hall–Kier alpha value is -3.09. The van der Waals surface area contributed by atoms with Crippen molar-refractivity contribution in [2.75, 3.05) is 7.11 Å². The first-order chi connectivity index (χ1) is 16.3. The molecule has 0 radical (unpaired) electrons. The number of Topliss-reactive ketones (excluding diaryl/α,β-unsaturated/α-hetero) is 1. The number of benzene rings is 1. The number of nitrogens with one attached hydrogen (secondary N) is 1. The van der Waals surface area contributed by atoms with Gasteiger partial charge in [0.05, 0.1) is 12.7 Å². The quantitative estimate of drug-likeness (QED) is 0.387. The maximum atomic E-state index is 13.7. The van der Waals surface area contributed by atoms with Crippen LogP contribution in [-0.2, 0) is 23.9 Å². The van der Waals surface area contributed by atoms with Gasteiger partial charge in [-0.05, 0) is 62.6 Å². The molecule has 1 aromatic carbocycles. The molecule has 1 aliphatic heterocycles. The summed E-state index contributed by atoms with van der Waals surface area (Å²) in [6, 6.07) is 6.49. The van der Waals surface area contributed by atoms with Crippen LogP contribution in [0, 0.1) is 11.8 Å². The second-order valence-electron chi connectivity index (χ2n) is 9.65. The minimum Gasteiger partial charge on any atom is -0.508 e. The molecule has 0 spiro atoms. The van der Waals surface area contributed by atoms with Crippen LogP contribution in [0.1, 0.15) is 70.3 Å². The molecule has 1 saturated carbocycles. The van der Waals surface area contributed by atoms with Crippen molar-refractivity contribution in [3.63, 3.8) is 0 Å². The molecule has 182 valence electrons. The maximum Gasteiger partial charge on any atom is 0.337 e. The van der Waals surface area contributed by atoms with Gasteiger partial charge in [-0.2, -0.15) is 0 Å². The van der Waals surface area contributed by atoms with Crippen LogP contribution in [0.15, 0.2) is 46.8 Å². The summed E-state index contributed by atoms with van der Waals surface area (Å²) in [7, 11) is 1.28. The molecular formula is C27H33NO6. The Morgan fingerprint density at radius 3 is 2.32 bits per heavy atom. The fourth-order valence-corrected chi connectivity index (χ4v) is 5.53.